The van der Waals surface area contributed by atoms with Gasteiger partial charge in [-0.05, 0) is 62.2 Å². The van der Waals surface area contributed by atoms with Crippen LogP contribution in [0.2, 0.25) is 5.02 Å². The van der Waals surface area contributed by atoms with Crippen molar-refractivity contribution in [2.45, 2.75) is 31.3 Å². The van der Waals surface area contributed by atoms with Gasteiger partial charge in [0.2, 0.25) is 11.8 Å². The van der Waals surface area contributed by atoms with Crippen molar-refractivity contribution in [3.8, 4) is 0 Å². The molecule has 0 radical (unpaired) electrons. The molecule has 3 fully saturated rings. The van der Waals surface area contributed by atoms with Crippen molar-refractivity contribution in [2.24, 2.45) is 11.8 Å². The molecular weight excluding hydrogens is 482 g/mol. The lowest BCUT2D eigenvalue weighted by Gasteiger charge is -2.36. The molecule has 4 aliphatic heterocycles. The van der Waals surface area contributed by atoms with E-state index >= 15 is 0 Å². The molecule has 6 nitrogen and oxygen atoms in total. The Morgan fingerprint density at radius 2 is 1.87 bits per heavy atom. The van der Waals surface area contributed by atoms with E-state index in [9.17, 15) is 14.4 Å². The number of amides is 3. The third kappa shape index (κ3) is 2.29. The number of rotatable bonds is 1. The third-order valence-electron chi connectivity index (χ3n) is 7.28. The summed E-state index contributed by atoms with van der Waals surface area (Å²) in [6, 6.07) is 10.7. The molecule has 3 amide bonds. The molecule has 2 aromatic rings. The zero-order valence-electron chi connectivity index (χ0n) is 16.7. The first-order valence-electron chi connectivity index (χ1n) is 10.4. The van der Waals surface area contributed by atoms with Crippen LogP contribution in [0.5, 0.6) is 0 Å². The predicted molar refractivity (Wildman–Crippen MR) is 120 cm³/mol. The van der Waals surface area contributed by atoms with Crippen LogP contribution < -0.4 is 10.2 Å². The molecular formula is C23H19BrClN3O3. The number of hydrogen-bond acceptors (Lipinski definition) is 4. The topological polar surface area (TPSA) is 69.7 Å². The van der Waals surface area contributed by atoms with E-state index in [0.717, 1.165) is 28.4 Å². The van der Waals surface area contributed by atoms with Crippen LogP contribution >= 0.6 is 27.5 Å². The molecule has 2 aromatic carbocycles. The molecule has 4 heterocycles. The van der Waals surface area contributed by atoms with Crippen LogP contribution in [0.15, 0.2) is 40.9 Å². The van der Waals surface area contributed by atoms with Crippen LogP contribution in [-0.4, -0.2) is 35.2 Å². The summed E-state index contributed by atoms with van der Waals surface area (Å²) in [5.41, 5.74) is 1.54. The van der Waals surface area contributed by atoms with Crippen molar-refractivity contribution in [1.29, 1.82) is 0 Å². The largest absolute Gasteiger partial charge is 0.323 e. The van der Waals surface area contributed by atoms with E-state index in [4.69, 9.17) is 11.6 Å². The molecule has 0 bridgehead atoms. The molecule has 3 saturated heterocycles. The fraction of sp³-hybridized carbons (Fsp3) is 0.348. The van der Waals surface area contributed by atoms with Crippen LogP contribution in [0.4, 0.5) is 11.4 Å². The quantitative estimate of drug-likeness (QED) is 0.604. The maximum Gasteiger partial charge on any atom is 0.250 e. The van der Waals surface area contributed by atoms with Gasteiger partial charge in [0.25, 0.3) is 5.91 Å². The van der Waals surface area contributed by atoms with Crippen molar-refractivity contribution in [1.82, 2.24) is 4.90 Å². The Bertz CT molecular complexity index is 1180. The van der Waals surface area contributed by atoms with Crippen molar-refractivity contribution in [2.75, 3.05) is 16.8 Å². The SMILES string of the molecule is Cc1cc(Cl)c2c(c1)[C@]1(C(=O)N2)[C@@H]2C(=O)N(c3ccc(Br)cc3)C(=O)[C@@H]2[C@H]2CCCN21. The van der Waals surface area contributed by atoms with Gasteiger partial charge in [0, 0.05) is 16.1 Å². The smallest absolute Gasteiger partial charge is 0.250 e. The molecule has 1 spiro atoms. The molecule has 0 unspecified atom stereocenters. The third-order valence-corrected chi connectivity index (χ3v) is 8.11. The van der Waals surface area contributed by atoms with E-state index in [1.807, 2.05) is 31.2 Å². The van der Waals surface area contributed by atoms with Crippen molar-refractivity contribution in [3.63, 3.8) is 0 Å². The summed E-state index contributed by atoms with van der Waals surface area (Å²) < 4.78 is 0.864. The molecule has 8 heteroatoms. The van der Waals surface area contributed by atoms with Crippen molar-refractivity contribution >= 4 is 56.6 Å². The number of halogens is 2. The van der Waals surface area contributed by atoms with Gasteiger partial charge >= 0.3 is 0 Å². The standard InChI is InChI=1S/C23H19BrClN3O3/c1-11-9-14-19(15(25)10-11)26-22(31)23(14)18-17(16-3-2-8-27(16)23)20(29)28(21(18)30)13-6-4-12(24)5-7-13/h4-7,9-10,16-18H,2-3,8H2,1H3,(H,26,31)/t16-,17-,18+,23-/m1/s1. The fourth-order valence-electron chi connectivity index (χ4n) is 6.24. The number of benzene rings is 2. The van der Waals surface area contributed by atoms with Crippen LogP contribution in [0.1, 0.15) is 24.0 Å². The summed E-state index contributed by atoms with van der Waals surface area (Å²) in [6.45, 7) is 2.60. The summed E-state index contributed by atoms with van der Waals surface area (Å²) in [4.78, 5) is 44.5. The second-order valence-electron chi connectivity index (χ2n) is 8.78. The zero-order valence-corrected chi connectivity index (χ0v) is 19.0. The van der Waals surface area contributed by atoms with E-state index in [-0.39, 0.29) is 23.8 Å². The summed E-state index contributed by atoms with van der Waals surface area (Å²) in [6.07, 6.45) is 1.68. The number of fused-ring (bicyclic) bond motifs is 7. The van der Waals surface area contributed by atoms with Crippen LogP contribution in [-0.2, 0) is 19.9 Å². The highest BCUT2D eigenvalue weighted by Gasteiger charge is 2.74. The number of anilines is 2. The van der Waals surface area contributed by atoms with Crippen LogP contribution in [0.25, 0.3) is 0 Å². The van der Waals surface area contributed by atoms with Gasteiger partial charge in [-0.2, -0.15) is 0 Å². The summed E-state index contributed by atoms with van der Waals surface area (Å²) in [5.74, 6) is -2.10. The van der Waals surface area contributed by atoms with Gasteiger partial charge < -0.3 is 5.32 Å². The Morgan fingerprint density at radius 1 is 1.13 bits per heavy atom. The number of imide groups is 1. The van der Waals surface area contributed by atoms with Crippen LogP contribution in [0, 0.1) is 18.8 Å². The van der Waals surface area contributed by atoms with Gasteiger partial charge in [-0.3, -0.25) is 19.3 Å². The number of carbonyl (C=O) groups is 3. The minimum Gasteiger partial charge on any atom is -0.323 e. The molecule has 1 N–H and O–H groups in total. The van der Waals surface area contributed by atoms with Gasteiger partial charge in [-0.1, -0.05) is 33.6 Å². The lowest BCUT2D eigenvalue weighted by Crippen LogP contribution is -2.54. The average Bonchev–Trinajstić information content (AvgIpc) is 3.42. The zero-order chi connectivity index (χ0) is 21.7. The van der Waals surface area contributed by atoms with E-state index in [1.54, 1.807) is 12.1 Å². The Balaban J connectivity index is 1.57. The van der Waals surface area contributed by atoms with Crippen molar-refractivity contribution in [3.05, 3.63) is 57.0 Å². The van der Waals surface area contributed by atoms with Gasteiger partial charge in [-0.15, -0.1) is 0 Å². The average molecular weight is 501 g/mol. The minimum atomic E-state index is -1.20. The monoisotopic (exact) mass is 499 g/mol. The molecule has 0 saturated carbocycles. The fourth-order valence-corrected chi connectivity index (χ4v) is 6.83. The maximum atomic E-state index is 13.9. The lowest BCUT2D eigenvalue weighted by atomic mass is 9.75. The Labute approximate surface area is 192 Å². The lowest BCUT2D eigenvalue weighted by molar-refractivity contribution is -0.135. The Hall–Kier alpha value is -2.22. The highest BCUT2D eigenvalue weighted by Crippen LogP contribution is 2.61. The normalized spacial score (nSPS) is 31.4. The molecule has 4 aliphatic rings. The summed E-state index contributed by atoms with van der Waals surface area (Å²) >= 11 is 9.89. The first-order valence-corrected chi connectivity index (χ1v) is 11.5. The number of aryl methyl sites for hydroxylation is 1. The number of nitrogens with one attached hydrogen (secondary N) is 1. The molecule has 0 aromatic heterocycles. The van der Waals surface area contributed by atoms with Crippen LogP contribution in [0.3, 0.4) is 0 Å². The number of hydrogen-bond donors (Lipinski definition) is 1. The molecule has 6 rings (SSSR count). The predicted octanol–water partition coefficient (Wildman–Crippen LogP) is 3.84. The highest BCUT2D eigenvalue weighted by molar-refractivity contribution is 9.10. The molecule has 4 atom stereocenters. The van der Waals surface area contributed by atoms with Gasteiger partial charge in [-0.25, -0.2) is 4.90 Å². The highest BCUT2D eigenvalue weighted by atomic mass is 79.9. The number of carbonyl (C=O) groups excluding carboxylic acids is 3. The first-order chi connectivity index (χ1) is 14.9. The van der Waals surface area contributed by atoms with E-state index < -0.39 is 17.4 Å². The van der Waals surface area contributed by atoms with Gasteiger partial charge in [0.15, 0.2) is 0 Å². The molecule has 31 heavy (non-hydrogen) atoms. The maximum absolute atomic E-state index is 13.9. The summed E-state index contributed by atoms with van der Waals surface area (Å²) in [7, 11) is 0. The Kier molecular flexibility index (Phi) is 4.02. The Morgan fingerprint density at radius 3 is 2.61 bits per heavy atom. The van der Waals surface area contributed by atoms with Gasteiger partial charge in [0.1, 0.15) is 5.54 Å². The van der Waals surface area contributed by atoms with E-state index in [2.05, 4.69) is 26.1 Å². The summed E-state index contributed by atoms with van der Waals surface area (Å²) in [5, 5.41) is 3.41. The minimum absolute atomic E-state index is 0.141. The van der Waals surface area contributed by atoms with Gasteiger partial charge in [0.05, 0.1) is 28.2 Å². The second-order valence-corrected chi connectivity index (χ2v) is 10.1. The first kappa shape index (κ1) is 19.5. The molecule has 158 valence electrons. The number of nitrogens with zero attached hydrogens (tertiary/aromatic N) is 2. The second kappa shape index (κ2) is 6.40. The van der Waals surface area contributed by atoms with E-state index in [1.165, 1.54) is 4.90 Å². The molecule has 0 aliphatic carbocycles. The van der Waals surface area contributed by atoms with E-state index in [0.29, 0.717) is 22.9 Å². The van der Waals surface area contributed by atoms with Crippen molar-refractivity contribution < 1.29 is 14.4 Å².